The van der Waals surface area contributed by atoms with Gasteiger partial charge in [-0.1, -0.05) is 0 Å². The van der Waals surface area contributed by atoms with E-state index in [1.807, 2.05) is 0 Å². The molecular formula is C11H11F3N2O4. The maximum atomic E-state index is 13.5. The zero-order chi connectivity index (χ0) is 15.7. The van der Waals surface area contributed by atoms with Crippen LogP contribution in [0.2, 0.25) is 0 Å². The molecule has 0 spiro atoms. The summed E-state index contributed by atoms with van der Waals surface area (Å²) in [6.07, 6.45) is -1.23. The van der Waals surface area contributed by atoms with E-state index >= 15 is 0 Å². The smallest absolute Gasteiger partial charge is 0.412 e. The molecule has 0 aromatic heterocycles. The zero-order valence-electron chi connectivity index (χ0n) is 10.8. The molecule has 1 rings (SSSR count). The van der Waals surface area contributed by atoms with E-state index in [2.05, 4.69) is 0 Å². The van der Waals surface area contributed by atoms with Gasteiger partial charge in [-0.05, 0) is 20.8 Å². The molecule has 0 unspecified atom stereocenters. The van der Waals surface area contributed by atoms with Gasteiger partial charge >= 0.3 is 11.8 Å². The molecule has 0 atom stereocenters. The van der Waals surface area contributed by atoms with Crippen molar-refractivity contribution in [2.24, 2.45) is 0 Å². The molecule has 0 aliphatic carbocycles. The van der Waals surface area contributed by atoms with Gasteiger partial charge in [-0.2, -0.15) is 4.39 Å². The van der Waals surface area contributed by atoms with E-state index in [1.165, 1.54) is 20.8 Å². The second-order valence-electron chi connectivity index (χ2n) is 4.76. The van der Waals surface area contributed by atoms with Crippen molar-refractivity contribution in [2.45, 2.75) is 26.4 Å². The van der Waals surface area contributed by atoms with Gasteiger partial charge in [0.25, 0.3) is 0 Å². The van der Waals surface area contributed by atoms with Crippen LogP contribution in [-0.2, 0) is 4.74 Å². The Kier molecular flexibility index (Phi) is 4.21. The monoisotopic (exact) mass is 292 g/mol. The van der Waals surface area contributed by atoms with Crippen molar-refractivity contribution in [3.63, 3.8) is 0 Å². The molecule has 0 aliphatic rings. The number of hydrogen-bond donors (Lipinski definition) is 1. The van der Waals surface area contributed by atoms with Crippen molar-refractivity contribution >= 4 is 17.5 Å². The Balaban J connectivity index is 3.21. The van der Waals surface area contributed by atoms with Gasteiger partial charge in [0.15, 0.2) is 17.3 Å². The number of nitrogens with one attached hydrogen (secondary N) is 1. The second kappa shape index (κ2) is 5.35. The first-order chi connectivity index (χ1) is 9.03. The Morgan fingerprint density at radius 1 is 1.30 bits per heavy atom. The van der Waals surface area contributed by atoms with Gasteiger partial charge in [0.05, 0.1) is 4.92 Å². The average molecular weight is 292 g/mol. The van der Waals surface area contributed by atoms with Gasteiger partial charge in [-0.25, -0.2) is 13.6 Å². The van der Waals surface area contributed by atoms with Crippen LogP contribution in [0.3, 0.4) is 0 Å². The van der Waals surface area contributed by atoms with Crippen molar-refractivity contribution in [1.29, 1.82) is 0 Å². The SMILES string of the molecule is CC(C)(C)OC(=O)Nc1c(F)cc(F)c(F)c1[N+](=O)[O-]. The Bertz CT molecular complexity index is 570. The average Bonchev–Trinajstić information content (AvgIpc) is 2.22. The normalized spacial score (nSPS) is 11.1. The maximum Gasteiger partial charge on any atom is 0.412 e. The summed E-state index contributed by atoms with van der Waals surface area (Å²) in [5.41, 5.74) is -3.55. The number of hydrogen-bond acceptors (Lipinski definition) is 4. The quantitative estimate of drug-likeness (QED) is 0.515. The number of ether oxygens (including phenoxy) is 1. The van der Waals surface area contributed by atoms with Gasteiger partial charge in [0.1, 0.15) is 5.60 Å². The van der Waals surface area contributed by atoms with E-state index in [9.17, 15) is 28.1 Å². The molecule has 110 valence electrons. The lowest BCUT2D eigenvalue weighted by Crippen LogP contribution is -2.28. The summed E-state index contributed by atoms with van der Waals surface area (Å²) in [6.45, 7) is 4.51. The fourth-order valence-corrected chi connectivity index (χ4v) is 1.28. The first kappa shape index (κ1) is 15.7. The zero-order valence-corrected chi connectivity index (χ0v) is 10.8. The highest BCUT2D eigenvalue weighted by atomic mass is 19.2. The third-order valence-corrected chi connectivity index (χ3v) is 1.96. The number of nitro benzene ring substituents is 1. The first-order valence-electron chi connectivity index (χ1n) is 5.35. The van der Waals surface area contributed by atoms with Crippen LogP contribution in [0.4, 0.5) is 29.3 Å². The van der Waals surface area contributed by atoms with E-state index in [-0.39, 0.29) is 6.07 Å². The highest BCUT2D eigenvalue weighted by Gasteiger charge is 2.30. The molecule has 0 aliphatic heterocycles. The number of amides is 1. The molecule has 1 aromatic carbocycles. The van der Waals surface area contributed by atoms with Gasteiger partial charge in [0, 0.05) is 6.07 Å². The van der Waals surface area contributed by atoms with Crippen molar-refractivity contribution in [3.05, 3.63) is 33.6 Å². The molecule has 1 N–H and O–H groups in total. The number of halogens is 3. The van der Waals surface area contributed by atoms with Crippen LogP contribution in [0.25, 0.3) is 0 Å². The fraction of sp³-hybridized carbons (Fsp3) is 0.364. The summed E-state index contributed by atoms with van der Waals surface area (Å²) < 4.78 is 44.4. The molecule has 0 fully saturated rings. The van der Waals surface area contributed by atoms with Crippen molar-refractivity contribution in [3.8, 4) is 0 Å². The predicted octanol–water partition coefficient (Wildman–Crippen LogP) is 3.36. The second-order valence-corrected chi connectivity index (χ2v) is 4.76. The number of nitrogens with zero attached hydrogens (tertiary/aromatic N) is 1. The van der Waals surface area contributed by atoms with Crippen LogP contribution in [0.1, 0.15) is 20.8 Å². The lowest BCUT2D eigenvalue weighted by Gasteiger charge is -2.19. The molecule has 0 radical (unpaired) electrons. The summed E-state index contributed by atoms with van der Waals surface area (Å²) in [5, 5.41) is 12.4. The summed E-state index contributed by atoms with van der Waals surface area (Å²) >= 11 is 0. The Labute approximate surface area is 111 Å². The third-order valence-electron chi connectivity index (χ3n) is 1.96. The minimum Gasteiger partial charge on any atom is -0.444 e. The number of rotatable bonds is 2. The lowest BCUT2D eigenvalue weighted by atomic mass is 10.2. The van der Waals surface area contributed by atoms with Crippen LogP contribution >= 0.6 is 0 Å². The van der Waals surface area contributed by atoms with Crippen molar-refractivity contribution < 1.29 is 27.6 Å². The summed E-state index contributed by atoms with van der Waals surface area (Å²) in [7, 11) is 0. The molecular weight excluding hydrogens is 281 g/mol. The minimum absolute atomic E-state index is 0.0923. The summed E-state index contributed by atoms with van der Waals surface area (Å²) in [4.78, 5) is 20.7. The van der Waals surface area contributed by atoms with E-state index in [0.29, 0.717) is 0 Å². The number of carbonyl (C=O) groups is 1. The summed E-state index contributed by atoms with van der Waals surface area (Å²) in [6, 6.07) is 0.0923. The van der Waals surface area contributed by atoms with Crippen molar-refractivity contribution in [2.75, 3.05) is 5.32 Å². The van der Waals surface area contributed by atoms with E-state index in [1.54, 1.807) is 5.32 Å². The van der Waals surface area contributed by atoms with Crippen LogP contribution in [0, 0.1) is 27.6 Å². The highest BCUT2D eigenvalue weighted by molar-refractivity contribution is 5.88. The Morgan fingerprint density at radius 3 is 2.30 bits per heavy atom. The van der Waals surface area contributed by atoms with Crippen molar-refractivity contribution in [1.82, 2.24) is 0 Å². The van der Waals surface area contributed by atoms with Crippen LogP contribution in [0.15, 0.2) is 6.07 Å². The molecule has 1 aromatic rings. The number of carbonyl (C=O) groups excluding carboxylic acids is 1. The first-order valence-corrected chi connectivity index (χ1v) is 5.35. The highest BCUT2D eigenvalue weighted by Crippen LogP contribution is 2.32. The van der Waals surface area contributed by atoms with Gasteiger partial charge in [-0.15, -0.1) is 0 Å². The molecule has 0 saturated carbocycles. The van der Waals surface area contributed by atoms with E-state index < -0.39 is 45.4 Å². The standard InChI is InChI=1S/C11H11F3N2O4/c1-11(2,3)20-10(17)15-8-6(13)4-5(12)7(14)9(8)16(18)19/h4H,1-3H3,(H,15,17). The fourth-order valence-electron chi connectivity index (χ4n) is 1.28. The molecule has 9 heteroatoms. The lowest BCUT2D eigenvalue weighted by molar-refractivity contribution is -0.387. The molecule has 6 nitrogen and oxygen atoms in total. The largest absolute Gasteiger partial charge is 0.444 e. The maximum absolute atomic E-state index is 13.5. The predicted molar refractivity (Wildman–Crippen MR) is 62.8 cm³/mol. The number of benzene rings is 1. The Morgan fingerprint density at radius 2 is 1.85 bits per heavy atom. The Hall–Kier alpha value is -2.32. The molecule has 0 saturated heterocycles. The van der Waals surface area contributed by atoms with Crippen LogP contribution in [0.5, 0.6) is 0 Å². The number of nitro groups is 1. The van der Waals surface area contributed by atoms with Gasteiger partial charge in [-0.3, -0.25) is 15.4 Å². The van der Waals surface area contributed by atoms with E-state index in [4.69, 9.17) is 4.74 Å². The summed E-state index contributed by atoms with van der Waals surface area (Å²) in [5.74, 6) is -5.09. The molecule has 0 bridgehead atoms. The molecule has 20 heavy (non-hydrogen) atoms. The minimum atomic E-state index is -1.87. The van der Waals surface area contributed by atoms with Crippen LogP contribution in [-0.4, -0.2) is 16.6 Å². The molecule has 0 heterocycles. The van der Waals surface area contributed by atoms with Crippen LogP contribution < -0.4 is 5.32 Å². The van der Waals surface area contributed by atoms with Gasteiger partial charge < -0.3 is 4.74 Å². The topological polar surface area (TPSA) is 81.5 Å². The van der Waals surface area contributed by atoms with E-state index in [0.717, 1.165) is 0 Å². The molecule has 1 amide bonds. The van der Waals surface area contributed by atoms with Gasteiger partial charge in [0.2, 0.25) is 5.82 Å². The number of anilines is 1. The third kappa shape index (κ3) is 3.59.